The second-order valence-corrected chi connectivity index (χ2v) is 7.16. The van der Waals surface area contributed by atoms with E-state index in [1.54, 1.807) is 35.3 Å². The number of piperazine rings is 1. The summed E-state index contributed by atoms with van der Waals surface area (Å²) >= 11 is 0. The summed E-state index contributed by atoms with van der Waals surface area (Å²) < 4.78 is 24.4. The van der Waals surface area contributed by atoms with Crippen LogP contribution in [0.3, 0.4) is 0 Å². The van der Waals surface area contributed by atoms with Gasteiger partial charge in [-0.05, 0) is 24.3 Å². The highest BCUT2D eigenvalue weighted by Gasteiger charge is 2.19. The number of rotatable bonds is 4. The van der Waals surface area contributed by atoms with Crippen LogP contribution in [0, 0.1) is 0 Å². The number of benzene rings is 1. The van der Waals surface area contributed by atoms with Crippen LogP contribution in [0.4, 0.5) is 5.69 Å². The quantitative estimate of drug-likeness (QED) is 0.829. The molecule has 2 N–H and O–H groups in total. The average Bonchev–Trinajstić information content (AvgIpc) is 2.93. The zero-order valence-corrected chi connectivity index (χ0v) is 13.8. The van der Waals surface area contributed by atoms with E-state index < -0.39 is 10.0 Å². The van der Waals surface area contributed by atoms with Gasteiger partial charge in [-0.1, -0.05) is 0 Å². The highest BCUT2D eigenvalue weighted by molar-refractivity contribution is 7.89. The van der Waals surface area contributed by atoms with Gasteiger partial charge in [-0.2, -0.15) is 5.10 Å². The van der Waals surface area contributed by atoms with Crippen molar-refractivity contribution in [2.45, 2.75) is 11.4 Å². The molecule has 0 unspecified atom stereocenters. The summed E-state index contributed by atoms with van der Waals surface area (Å²) in [6.45, 7) is 4.39. The van der Waals surface area contributed by atoms with Crippen LogP contribution in [0.2, 0.25) is 0 Å². The standard InChI is InChI=1S/C14H20N6O2S/c1-18-14(16-11-17-18)10-19-6-8-20(9-7-19)12-2-4-13(5-3-12)23(15,21)22/h2-5,11H,6-10H2,1H3,(H2,15,21,22). The molecule has 1 aliphatic rings. The van der Waals surface area contributed by atoms with Gasteiger partial charge in [0, 0.05) is 38.9 Å². The molecule has 1 saturated heterocycles. The first-order valence-corrected chi connectivity index (χ1v) is 8.91. The van der Waals surface area contributed by atoms with Gasteiger partial charge in [0.2, 0.25) is 10.0 Å². The molecular formula is C14H20N6O2S. The molecule has 0 bridgehead atoms. The van der Waals surface area contributed by atoms with Crippen LogP contribution in [-0.4, -0.2) is 54.3 Å². The molecule has 9 heteroatoms. The fourth-order valence-corrected chi connectivity index (χ4v) is 3.19. The summed E-state index contributed by atoms with van der Waals surface area (Å²) in [5.41, 5.74) is 1.01. The van der Waals surface area contributed by atoms with Gasteiger partial charge in [-0.15, -0.1) is 0 Å². The van der Waals surface area contributed by atoms with Gasteiger partial charge in [0.1, 0.15) is 12.2 Å². The van der Waals surface area contributed by atoms with Gasteiger partial charge < -0.3 is 4.90 Å². The Morgan fingerprint density at radius 3 is 2.30 bits per heavy atom. The minimum absolute atomic E-state index is 0.141. The zero-order valence-electron chi connectivity index (χ0n) is 13.0. The zero-order chi connectivity index (χ0) is 16.4. The molecular weight excluding hydrogens is 316 g/mol. The van der Waals surface area contributed by atoms with E-state index in [0.29, 0.717) is 0 Å². The minimum atomic E-state index is -3.63. The highest BCUT2D eigenvalue weighted by Crippen LogP contribution is 2.19. The smallest absolute Gasteiger partial charge is 0.238 e. The van der Waals surface area contributed by atoms with E-state index >= 15 is 0 Å². The molecule has 1 aromatic carbocycles. The van der Waals surface area contributed by atoms with Gasteiger partial charge in [0.05, 0.1) is 11.4 Å². The monoisotopic (exact) mass is 336 g/mol. The van der Waals surface area contributed by atoms with Crippen molar-refractivity contribution in [2.24, 2.45) is 12.2 Å². The second-order valence-electron chi connectivity index (χ2n) is 5.60. The number of hydrogen-bond donors (Lipinski definition) is 1. The molecule has 0 aliphatic carbocycles. The maximum absolute atomic E-state index is 11.3. The van der Waals surface area contributed by atoms with Crippen LogP contribution in [0.25, 0.3) is 0 Å². The van der Waals surface area contributed by atoms with E-state index in [1.165, 1.54) is 0 Å². The molecule has 8 nitrogen and oxygen atoms in total. The van der Waals surface area contributed by atoms with Gasteiger partial charge in [-0.3, -0.25) is 9.58 Å². The molecule has 0 atom stereocenters. The molecule has 0 radical (unpaired) electrons. The van der Waals surface area contributed by atoms with Crippen molar-refractivity contribution in [3.05, 3.63) is 36.4 Å². The predicted octanol–water partition coefficient (Wildman–Crippen LogP) is -0.215. The van der Waals surface area contributed by atoms with Crippen molar-refractivity contribution >= 4 is 15.7 Å². The molecule has 3 rings (SSSR count). The van der Waals surface area contributed by atoms with E-state index in [-0.39, 0.29) is 4.90 Å². The normalized spacial score (nSPS) is 16.7. The third-order valence-corrected chi connectivity index (χ3v) is 5.00. The maximum atomic E-state index is 11.3. The predicted molar refractivity (Wildman–Crippen MR) is 86.3 cm³/mol. The van der Waals surface area contributed by atoms with Crippen LogP contribution < -0.4 is 10.0 Å². The number of aromatic nitrogens is 3. The number of anilines is 1. The van der Waals surface area contributed by atoms with Gasteiger partial charge in [0.15, 0.2) is 0 Å². The number of primary sulfonamides is 1. The van der Waals surface area contributed by atoms with Crippen LogP contribution >= 0.6 is 0 Å². The fraction of sp³-hybridized carbons (Fsp3) is 0.429. The van der Waals surface area contributed by atoms with Crippen molar-refractivity contribution in [2.75, 3.05) is 31.1 Å². The molecule has 0 saturated carbocycles. The Bertz CT molecular complexity index is 763. The van der Waals surface area contributed by atoms with Crippen molar-refractivity contribution in [3.63, 3.8) is 0 Å². The van der Waals surface area contributed by atoms with Gasteiger partial charge in [-0.25, -0.2) is 18.5 Å². The molecule has 0 amide bonds. The Labute approximate surface area is 135 Å². The lowest BCUT2D eigenvalue weighted by atomic mass is 10.2. The Balaban J connectivity index is 1.59. The number of aryl methyl sites for hydroxylation is 1. The van der Waals surface area contributed by atoms with Crippen LogP contribution in [-0.2, 0) is 23.6 Å². The minimum Gasteiger partial charge on any atom is -0.369 e. The van der Waals surface area contributed by atoms with Crippen molar-refractivity contribution in [1.82, 2.24) is 19.7 Å². The maximum Gasteiger partial charge on any atom is 0.238 e. The fourth-order valence-electron chi connectivity index (χ4n) is 2.67. The van der Waals surface area contributed by atoms with E-state index in [2.05, 4.69) is 19.9 Å². The summed E-state index contributed by atoms with van der Waals surface area (Å²) in [6.07, 6.45) is 1.57. The van der Waals surface area contributed by atoms with E-state index in [1.807, 2.05) is 7.05 Å². The molecule has 1 aromatic heterocycles. The number of sulfonamides is 1. The Kier molecular flexibility index (Phi) is 4.33. The lowest BCUT2D eigenvalue weighted by Crippen LogP contribution is -2.46. The average molecular weight is 336 g/mol. The lowest BCUT2D eigenvalue weighted by molar-refractivity contribution is 0.241. The number of nitrogens with zero attached hydrogens (tertiary/aromatic N) is 5. The first-order valence-electron chi connectivity index (χ1n) is 7.36. The summed E-state index contributed by atoms with van der Waals surface area (Å²) in [4.78, 5) is 8.96. The topological polar surface area (TPSA) is 97.3 Å². The van der Waals surface area contributed by atoms with Gasteiger partial charge in [0.25, 0.3) is 0 Å². The first-order chi connectivity index (χ1) is 10.9. The van der Waals surface area contributed by atoms with Crippen LogP contribution in [0.15, 0.2) is 35.5 Å². The number of hydrogen-bond acceptors (Lipinski definition) is 6. The second kappa shape index (κ2) is 6.26. The van der Waals surface area contributed by atoms with Gasteiger partial charge >= 0.3 is 0 Å². The summed E-state index contributed by atoms with van der Waals surface area (Å²) in [5, 5.41) is 9.20. The lowest BCUT2D eigenvalue weighted by Gasteiger charge is -2.35. The molecule has 0 spiro atoms. The van der Waals surface area contributed by atoms with Crippen molar-refractivity contribution < 1.29 is 8.42 Å². The first kappa shape index (κ1) is 15.9. The van der Waals surface area contributed by atoms with Crippen LogP contribution in [0.5, 0.6) is 0 Å². The largest absolute Gasteiger partial charge is 0.369 e. The molecule has 1 aliphatic heterocycles. The molecule has 2 aromatic rings. The van der Waals surface area contributed by atoms with E-state index in [0.717, 1.165) is 44.2 Å². The van der Waals surface area contributed by atoms with Crippen molar-refractivity contribution in [1.29, 1.82) is 0 Å². The molecule has 2 heterocycles. The summed E-state index contributed by atoms with van der Waals surface area (Å²) in [5.74, 6) is 0.955. The SMILES string of the molecule is Cn1ncnc1CN1CCN(c2ccc(S(N)(=O)=O)cc2)CC1. The van der Waals surface area contributed by atoms with E-state index in [4.69, 9.17) is 5.14 Å². The third kappa shape index (κ3) is 3.69. The molecule has 1 fully saturated rings. The Morgan fingerprint density at radius 2 is 1.78 bits per heavy atom. The Morgan fingerprint density at radius 1 is 1.13 bits per heavy atom. The summed E-state index contributed by atoms with van der Waals surface area (Å²) in [7, 11) is -1.74. The molecule has 23 heavy (non-hydrogen) atoms. The highest BCUT2D eigenvalue weighted by atomic mass is 32.2. The molecule has 124 valence electrons. The van der Waals surface area contributed by atoms with Crippen LogP contribution in [0.1, 0.15) is 5.82 Å². The number of nitrogens with two attached hydrogens (primary N) is 1. The summed E-state index contributed by atoms with van der Waals surface area (Å²) in [6, 6.07) is 6.71. The third-order valence-electron chi connectivity index (χ3n) is 4.07. The van der Waals surface area contributed by atoms with Crippen molar-refractivity contribution in [3.8, 4) is 0 Å². The van der Waals surface area contributed by atoms with E-state index in [9.17, 15) is 8.42 Å². The Hall–Kier alpha value is -1.97.